The van der Waals surface area contributed by atoms with Crippen LogP contribution in [0.15, 0.2) is 47.3 Å². The Balaban J connectivity index is 1.56. The monoisotopic (exact) mass is 455 g/mol. The maximum Gasteiger partial charge on any atom is 0.265 e. The van der Waals surface area contributed by atoms with Crippen LogP contribution in [0.3, 0.4) is 0 Å². The number of para-hydroxylation sites is 2. The van der Waals surface area contributed by atoms with Crippen LogP contribution in [-0.2, 0) is 11.3 Å². The van der Waals surface area contributed by atoms with Crippen molar-refractivity contribution in [1.29, 1.82) is 0 Å². The lowest BCUT2D eigenvalue weighted by Crippen LogP contribution is -2.29. The summed E-state index contributed by atoms with van der Waals surface area (Å²) >= 11 is 0. The molecule has 0 radical (unpaired) electrons. The summed E-state index contributed by atoms with van der Waals surface area (Å²) in [4.78, 5) is 28.5. The van der Waals surface area contributed by atoms with Crippen LogP contribution in [0.25, 0.3) is 38.9 Å². The first-order valence-corrected chi connectivity index (χ1v) is 11.4. The van der Waals surface area contributed by atoms with Gasteiger partial charge in [0, 0.05) is 12.7 Å². The highest BCUT2D eigenvalue weighted by atomic mass is 16.7. The Bertz CT molecular complexity index is 1670. The number of aryl methyl sites for hydroxylation is 1. The summed E-state index contributed by atoms with van der Waals surface area (Å²) in [6.45, 7) is 3.25. The average molecular weight is 455 g/mol. The van der Waals surface area contributed by atoms with E-state index in [1.807, 2.05) is 54.0 Å². The van der Waals surface area contributed by atoms with E-state index in [0.717, 1.165) is 36.2 Å². The molecule has 0 amide bonds. The van der Waals surface area contributed by atoms with E-state index in [9.17, 15) is 4.79 Å². The zero-order valence-corrected chi connectivity index (χ0v) is 18.5. The molecule has 1 saturated heterocycles. The quantitative estimate of drug-likeness (QED) is 0.411. The number of nitrogens with zero attached hydrogens (tertiary/aromatic N) is 5. The molecule has 1 unspecified atom stereocenters. The van der Waals surface area contributed by atoms with Crippen molar-refractivity contribution in [2.75, 3.05) is 13.4 Å². The molecule has 34 heavy (non-hydrogen) atoms. The minimum atomic E-state index is -0.132. The van der Waals surface area contributed by atoms with Crippen molar-refractivity contribution in [3.8, 4) is 17.2 Å². The second-order valence-corrected chi connectivity index (χ2v) is 8.67. The van der Waals surface area contributed by atoms with E-state index in [-0.39, 0.29) is 18.5 Å². The van der Waals surface area contributed by atoms with Crippen LogP contribution >= 0.6 is 0 Å². The van der Waals surface area contributed by atoms with E-state index in [2.05, 4.69) is 0 Å². The number of benzene rings is 2. The van der Waals surface area contributed by atoms with Gasteiger partial charge in [0.1, 0.15) is 16.7 Å². The summed E-state index contributed by atoms with van der Waals surface area (Å²) in [5.74, 6) is 1.95. The molecule has 1 fully saturated rings. The van der Waals surface area contributed by atoms with Crippen molar-refractivity contribution in [3.63, 3.8) is 0 Å². The van der Waals surface area contributed by atoms with E-state index in [1.165, 1.54) is 0 Å². The number of hydrogen-bond donors (Lipinski definition) is 0. The normalized spacial score (nSPS) is 17.4. The van der Waals surface area contributed by atoms with Gasteiger partial charge < -0.3 is 14.2 Å². The minimum Gasteiger partial charge on any atom is -0.454 e. The highest BCUT2D eigenvalue weighted by Gasteiger charge is 2.25. The highest BCUT2D eigenvalue weighted by Crippen LogP contribution is 2.36. The van der Waals surface area contributed by atoms with Crippen molar-refractivity contribution >= 4 is 33.2 Å². The lowest BCUT2D eigenvalue weighted by molar-refractivity contribution is 0.0955. The summed E-state index contributed by atoms with van der Waals surface area (Å²) in [6, 6.07) is 13.3. The van der Waals surface area contributed by atoms with Gasteiger partial charge in [-0.05, 0) is 44.0 Å². The van der Waals surface area contributed by atoms with Gasteiger partial charge in [-0.15, -0.1) is 0 Å². The summed E-state index contributed by atoms with van der Waals surface area (Å²) in [7, 11) is 0. The Hall–Kier alpha value is -3.98. The van der Waals surface area contributed by atoms with Crippen LogP contribution in [-0.4, -0.2) is 43.6 Å². The molecule has 0 N–H and O–H groups in total. The first-order valence-electron chi connectivity index (χ1n) is 11.4. The van der Waals surface area contributed by atoms with E-state index >= 15 is 0 Å². The first kappa shape index (κ1) is 19.5. The van der Waals surface area contributed by atoms with E-state index in [4.69, 9.17) is 29.2 Å². The third-order valence-electron chi connectivity index (χ3n) is 6.58. The highest BCUT2D eigenvalue weighted by molar-refractivity contribution is 6.05. The van der Waals surface area contributed by atoms with E-state index in [1.54, 1.807) is 4.57 Å². The van der Waals surface area contributed by atoms with Crippen molar-refractivity contribution in [1.82, 2.24) is 24.1 Å². The van der Waals surface area contributed by atoms with Crippen molar-refractivity contribution < 1.29 is 14.2 Å². The fourth-order valence-corrected chi connectivity index (χ4v) is 4.91. The average Bonchev–Trinajstić information content (AvgIpc) is 3.58. The molecular formula is C25H21N5O4. The molecule has 0 aliphatic carbocycles. The minimum absolute atomic E-state index is 0.0183. The number of ether oxygens (including phenoxy) is 3. The predicted molar refractivity (Wildman–Crippen MR) is 126 cm³/mol. The predicted octanol–water partition coefficient (Wildman–Crippen LogP) is 3.50. The Labute approximate surface area is 193 Å². The molecule has 9 nitrogen and oxygen atoms in total. The van der Waals surface area contributed by atoms with Crippen LogP contribution in [0.5, 0.6) is 11.5 Å². The zero-order valence-electron chi connectivity index (χ0n) is 18.5. The van der Waals surface area contributed by atoms with Gasteiger partial charge in [-0.1, -0.05) is 12.1 Å². The van der Waals surface area contributed by atoms with Crippen LogP contribution in [0.4, 0.5) is 0 Å². The molecular weight excluding hydrogens is 434 g/mol. The number of rotatable bonds is 3. The maximum absolute atomic E-state index is 13.9. The summed E-state index contributed by atoms with van der Waals surface area (Å²) in [5, 5.41) is 0.453. The molecule has 0 saturated carbocycles. The molecule has 2 aliphatic heterocycles. The summed E-state index contributed by atoms with van der Waals surface area (Å²) in [5.41, 5.74) is 3.75. The van der Waals surface area contributed by atoms with Crippen molar-refractivity contribution in [2.24, 2.45) is 0 Å². The number of fused-ring (bicyclic) bond motifs is 5. The van der Waals surface area contributed by atoms with Crippen molar-refractivity contribution in [2.45, 2.75) is 32.4 Å². The van der Waals surface area contributed by atoms with Gasteiger partial charge >= 0.3 is 0 Å². The Morgan fingerprint density at radius 2 is 1.82 bits per heavy atom. The molecule has 0 bridgehead atoms. The fraction of sp³-hybridized carbons (Fsp3) is 0.280. The lowest BCUT2D eigenvalue weighted by atomic mass is 10.2. The summed E-state index contributed by atoms with van der Waals surface area (Å²) < 4.78 is 20.5. The standard InChI is InChI=1S/C25H21N5O4/c1-14-26-23-21(25(31)29(14)12-16-5-4-10-32-16)22-24(28-18-7-3-2-6-17(18)27-22)30(23)15-8-9-19-20(11-15)34-13-33-19/h2-3,6-9,11,16H,4-5,10,12-13H2,1H3. The largest absolute Gasteiger partial charge is 0.454 e. The van der Waals surface area contributed by atoms with Crippen molar-refractivity contribution in [3.05, 3.63) is 58.6 Å². The lowest BCUT2D eigenvalue weighted by Gasteiger charge is -2.14. The molecule has 2 aliphatic rings. The zero-order chi connectivity index (χ0) is 22.8. The number of hydrogen-bond acceptors (Lipinski definition) is 7. The molecule has 2 aromatic carbocycles. The molecule has 0 spiro atoms. The van der Waals surface area contributed by atoms with Gasteiger partial charge in [0.15, 0.2) is 22.8 Å². The Kier molecular flexibility index (Phi) is 4.16. The second kappa shape index (κ2) is 7.26. The van der Waals surface area contributed by atoms with Gasteiger partial charge in [-0.3, -0.25) is 13.9 Å². The van der Waals surface area contributed by atoms with Gasteiger partial charge in [0.25, 0.3) is 5.56 Å². The van der Waals surface area contributed by atoms with E-state index in [0.29, 0.717) is 46.1 Å². The topological polar surface area (TPSA) is 93.3 Å². The van der Waals surface area contributed by atoms with Crippen LogP contribution in [0.1, 0.15) is 18.7 Å². The molecule has 7 rings (SSSR count). The molecule has 3 aromatic heterocycles. The van der Waals surface area contributed by atoms with Crippen LogP contribution in [0.2, 0.25) is 0 Å². The molecule has 5 heterocycles. The van der Waals surface area contributed by atoms with Gasteiger partial charge in [0.2, 0.25) is 6.79 Å². The SMILES string of the molecule is Cc1nc2c(c(=O)n1CC1CCCO1)c1nc3ccccc3nc1n2-c1ccc2c(c1)OCO2. The Morgan fingerprint density at radius 1 is 1.00 bits per heavy atom. The molecule has 1 atom stereocenters. The first-order chi connectivity index (χ1) is 16.7. The van der Waals surface area contributed by atoms with E-state index < -0.39 is 0 Å². The van der Waals surface area contributed by atoms with Gasteiger partial charge in [-0.2, -0.15) is 0 Å². The fourth-order valence-electron chi connectivity index (χ4n) is 4.91. The number of aromatic nitrogens is 5. The second-order valence-electron chi connectivity index (χ2n) is 8.67. The van der Waals surface area contributed by atoms with Gasteiger partial charge in [-0.25, -0.2) is 15.0 Å². The maximum atomic E-state index is 13.9. The third kappa shape index (κ3) is 2.83. The van der Waals surface area contributed by atoms with Gasteiger partial charge in [0.05, 0.1) is 29.4 Å². The van der Waals surface area contributed by atoms with Crippen LogP contribution < -0.4 is 15.0 Å². The third-order valence-corrected chi connectivity index (χ3v) is 6.58. The summed E-state index contributed by atoms with van der Waals surface area (Å²) in [6.07, 6.45) is 1.97. The Morgan fingerprint density at radius 3 is 2.65 bits per heavy atom. The molecule has 170 valence electrons. The molecule has 5 aromatic rings. The smallest absolute Gasteiger partial charge is 0.265 e. The molecule has 9 heteroatoms. The van der Waals surface area contributed by atoms with Crippen LogP contribution in [0, 0.1) is 6.92 Å².